The molecule has 0 spiro atoms. The van der Waals surface area contributed by atoms with Crippen LogP contribution in [0.3, 0.4) is 0 Å². The van der Waals surface area contributed by atoms with E-state index >= 15 is 0 Å². The quantitative estimate of drug-likeness (QED) is 0.765. The average molecular weight is 359 g/mol. The van der Waals surface area contributed by atoms with Crippen molar-refractivity contribution >= 4 is 21.6 Å². The summed E-state index contributed by atoms with van der Waals surface area (Å²) in [6.45, 7) is 4.27. The minimum absolute atomic E-state index is 0.0130. The normalized spacial score (nSPS) is 13.7. The molecule has 0 saturated carbocycles. The van der Waals surface area contributed by atoms with Gasteiger partial charge >= 0.3 is 0 Å². The van der Waals surface area contributed by atoms with Gasteiger partial charge in [-0.3, -0.25) is 4.79 Å². The van der Waals surface area contributed by atoms with Crippen LogP contribution in [-0.2, 0) is 19.6 Å². The molecule has 22 heavy (non-hydrogen) atoms. The Morgan fingerprint density at radius 3 is 2.95 bits per heavy atom. The van der Waals surface area contributed by atoms with Crippen molar-refractivity contribution in [2.45, 2.75) is 26.6 Å². The lowest BCUT2D eigenvalue weighted by Gasteiger charge is -2.11. The van der Waals surface area contributed by atoms with E-state index in [1.165, 1.54) is 4.52 Å². The molecular formula is C16H15BrN4O. The first-order valence-corrected chi connectivity index (χ1v) is 8.09. The van der Waals surface area contributed by atoms with Crippen LogP contribution in [0.1, 0.15) is 18.2 Å². The van der Waals surface area contributed by atoms with Gasteiger partial charge in [0.15, 0.2) is 0 Å². The lowest BCUT2D eigenvalue weighted by atomic mass is 10.1. The number of aryl methyl sites for hydroxylation is 1. The number of hydrogen-bond acceptors (Lipinski definition) is 3. The number of aromatic nitrogens is 3. The molecule has 1 aromatic carbocycles. The average Bonchev–Trinajstić information content (AvgIpc) is 3.15. The van der Waals surface area contributed by atoms with E-state index in [1.807, 2.05) is 30.3 Å². The molecule has 2 aromatic heterocycles. The summed E-state index contributed by atoms with van der Waals surface area (Å²) in [6, 6.07) is 9.95. The molecule has 0 aliphatic carbocycles. The van der Waals surface area contributed by atoms with E-state index in [0.29, 0.717) is 6.54 Å². The number of benzene rings is 1. The summed E-state index contributed by atoms with van der Waals surface area (Å²) < 4.78 is 4.70. The van der Waals surface area contributed by atoms with Gasteiger partial charge in [0, 0.05) is 41.4 Å². The second-order valence-corrected chi connectivity index (χ2v) is 6.30. The summed E-state index contributed by atoms with van der Waals surface area (Å²) in [5.41, 5.74) is 4.57. The molecule has 0 radical (unpaired) electrons. The maximum absolute atomic E-state index is 12.6. The van der Waals surface area contributed by atoms with Crippen LogP contribution in [0.25, 0.3) is 16.9 Å². The highest BCUT2D eigenvalue weighted by Gasteiger charge is 2.22. The predicted molar refractivity (Wildman–Crippen MR) is 88.8 cm³/mol. The first-order chi connectivity index (χ1) is 10.7. The zero-order valence-electron chi connectivity index (χ0n) is 12.1. The molecule has 0 saturated heterocycles. The van der Waals surface area contributed by atoms with Crippen LogP contribution < -0.4 is 10.9 Å². The molecule has 6 heteroatoms. The first-order valence-electron chi connectivity index (χ1n) is 7.30. The highest BCUT2D eigenvalue weighted by molar-refractivity contribution is 9.10. The molecule has 3 aromatic rings. The molecule has 112 valence electrons. The Morgan fingerprint density at radius 2 is 2.18 bits per heavy atom. The SMILES string of the molecule is CCn1c2c(c(=O)n3nc(-c4cccc(Br)c4)cc13)CNC2. The summed E-state index contributed by atoms with van der Waals surface area (Å²) in [5, 5.41) is 7.80. The third kappa shape index (κ3) is 1.94. The second-order valence-electron chi connectivity index (χ2n) is 5.39. The number of rotatable bonds is 2. The molecule has 5 nitrogen and oxygen atoms in total. The molecule has 0 bridgehead atoms. The van der Waals surface area contributed by atoms with Crippen molar-refractivity contribution in [2.24, 2.45) is 0 Å². The summed E-state index contributed by atoms with van der Waals surface area (Å²) in [4.78, 5) is 12.6. The topological polar surface area (TPSA) is 51.3 Å². The van der Waals surface area contributed by atoms with E-state index in [1.54, 1.807) is 0 Å². The summed E-state index contributed by atoms with van der Waals surface area (Å²) in [6.07, 6.45) is 0. The monoisotopic (exact) mass is 358 g/mol. The maximum atomic E-state index is 12.6. The molecular weight excluding hydrogens is 344 g/mol. The first kappa shape index (κ1) is 13.7. The number of halogens is 1. The van der Waals surface area contributed by atoms with Crippen LogP contribution >= 0.6 is 15.9 Å². The van der Waals surface area contributed by atoms with Crippen LogP contribution in [0.15, 0.2) is 39.6 Å². The minimum Gasteiger partial charge on any atom is -0.328 e. The van der Waals surface area contributed by atoms with E-state index in [2.05, 4.69) is 37.8 Å². The van der Waals surface area contributed by atoms with Crippen molar-refractivity contribution in [1.29, 1.82) is 0 Å². The molecule has 3 heterocycles. The Hall–Kier alpha value is -1.92. The fourth-order valence-electron chi connectivity index (χ4n) is 3.09. The van der Waals surface area contributed by atoms with Crippen LogP contribution in [-0.4, -0.2) is 14.2 Å². The van der Waals surface area contributed by atoms with E-state index in [-0.39, 0.29) is 5.56 Å². The fourth-order valence-corrected chi connectivity index (χ4v) is 3.49. The molecule has 0 fully saturated rings. The van der Waals surface area contributed by atoms with E-state index in [4.69, 9.17) is 0 Å². The van der Waals surface area contributed by atoms with Crippen molar-refractivity contribution in [3.8, 4) is 11.3 Å². The number of nitrogens with one attached hydrogen (secondary N) is 1. The Bertz CT molecular complexity index is 941. The van der Waals surface area contributed by atoms with Gasteiger partial charge in [-0.15, -0.1) is 0 Å². The van der Waals surface area contributed by atoms with E-state index in [0.717, 1.165) is 45.7 Å². The van der Waals surface area contributed by atoms with Crippen molar-refractivity contribution in [1.82, 2.24) is 19.5 Å². The van der Waals surface area contributed by atoms with Crippen LogP contribution in [0.4, 0.5) is 0 Å². The Balaban J connectivity index is 2.02. The summed E-state index contributed by atoms with van der Waals surface area (Å²) in [5.74, 6) is 0. The van der Waals surface area contributed by atoms with Gasteiger partial charge in [-0.1, -0.05) is 28.1 Å². The van der Waals surface area contributed by atoms with Gasteiger partial charge in [-0.25, -0.2) is 0 Å². The van der Waals surface area contributed by atoms with Gasteiger partial charge in [0.05, 0.1) is 11.3 Å². The molecule has 4 rings (SSSR count). The van der Waals surface area contributed by atoms with Gasteiger partial charge in [0.25, 0.3) is 5.56 Å². The zero-order valence-corrected chi connectivity index (χ0v) is 13.7. The molecule has 1 N–H and O–H groups in total. The highest BCUT2D eigenvalue weighted by Crippen LogP contribution is 2.24. The molecule has 1 aliphatic heterocycles. The fraction of sp³-hybridized carbons (Fsp3) is 0.250. The van der Waals surface area contributed by atoms with E-state index in [9.17, 15) is 4.79 Å². The number of nitrogens with zero attached hydrogens (tertiary/aromatic N) is 3. The Labute approximate surface area is 135 Å². The summed E-state index contributed by atoms with van der Waals surface area (Å²) in [7, 11) is 0. The largest absolute Gasteiger partial charge is 0.328 e. The van der Waals surface area contributed by atoms with Gasteiger partial charge in [0.2, 0.25) is 0 Å². The van der Waals surface area contributed by atoms with Crippen LogP contribution in [0.2, 0.25) is 0 Å². The van der Waals surface area contributed by atoms with Crippen molar-refractivity contribution in [3.05, 3.63) is 56.4 Å². The molecule has 0 unspecified atom stereocenters. The van der Waals surface area contributed by atoms with E-state index < -0.39 is 0 Å². The van der Waals surface area contributed by atoms with Gasteiger partial charge < -0.3 is 9.88 Å². The van der Waals surface area contributed by atoms with Crippen LogP contribution in [0, 0.1) is 0 Å². The summed E-state index contributed by atoms with van der Waals surface area (Å²) >= 11 is 3.48. The lowest BCUT2D eigenvalue weighted by molar-refractivity contribution is 0.682. The van der Waals surface area contributed by atoms with Gasteiger partial charge in [0.1, 0.15) is 5.65 Å². The third-order valence-corrected chi connectivity index (χ3v) is 4.62. The van der Waals surface area contributed by atoms with Crippen molar-refractivity contribution in [2.75, 3.05) is 0 Å². The van der Waals surface area contributed by atoms with Crippen LogP contribution in [0.5, 0.6) is 0 Å². The maximum Gasteiger partial charge on any atom is 0.279 e. The Kier molecular flexibility index (Phi) is 3.16. The smallest absolute Gasteiger partial charge is 0.279 e. The minimum atomic E-state index is -0.0130. The number of hydrogen-bond donors (Lipinski definition) is 1. The number of fused-ring (bicyclic) bond motifs is 2. The second kappa shape index (κ2) is 5.07. The highest BCUT2D eigenvalue weighted by atomic mass is 79.9. The Morgan fingerprint density at radius 1 is 1.32 bits per heavy atom. The molecule has 0 amide bonds. The van der Waals surface area contributed by atoms with Crippen molar-refractivity contribution < 1.29 is 0 Å². The zero-order chi connectivity index (χ0) is 15.3. The molecule has 0 atom stereocenters. The predicted octanol–water partition coefficient (Wildman–Crippen LogP) is 2.55. The van der Waals surface area contributed by atoms with Gasteiger partial charge in [-0.05, 0) is 19.1 Å². The molecule has 1 aliphatic rings. The standard InChI is InChI=1S/C16H15BrN4O/c1-2-20-14-9-18-8-12(14)16(22)21-15(20)7-13(19-21)10-4-3-5-11(17)6-10/h3-7,18H,2,8-9H2,1H3. The third-order valence-electron chi connectivity index (χ3n) is 4.12. The lowest BCUT2D eigenvalue weighted by Crippen LogP contribution is -2.24. The van der Waals surface area contributed by atoms with Crippen molar-refractivity contribution in [3.63, 3.8) is 0 Å². The van der Waals surface area contributed by atoms with Gasteiger partial charge in [-0.2, -0.15) is 9.61 Å².